The van der Waals surface area contributed by atoms with E-state index >= 15 is 0 Å². The number of benzene rings is 3. The fourth-order valence-corrected chi connectivity index (χ4v) is 4.80. The molecule has 4 rings (SSSR count). The molecule has 0 atom stereocenters. The number of esters is 1. The Hall–Kier alpha value is -4.37. The average Bonchev–Trinajstić information content (AvgIpc) is 3.14. The third-order valence-electron chi connectivity index (χ3n) is 5.57. The van der Waals surface area contributed by atoms with Crippen LogP contribution in [-0.4, -0.2) is 34.4 Å². The molecular formula is C27H24N2O6S. The van der Waals surface area contributed by atoms with E-state index in [0.29, 0.717) is 17.0 Å². The van der Waals surface area contributed by atoms with Crippen LogP contribution in [-0.2, 0) is 24.3 Å². The van der Waals surface area contributed by atoms with Crippen LogP contribution < -0.4 is 14.4 Å². The number of sulfonamides is 1. The molecule has 0 aliphatic carbocycles. The number of hydrogen-bond donors (Lipinski definition) is 1. The number of carbonyl (C=O) groups excluding carboxylic acids is 2. The predicted octanol–water partition coefficient (Wildman–Crippen LogP) is 3.80. The van der Waals surface area contributed by atoms with Gasteiger partial charge in [0.05, 0.1) is 30.8 Å². The van der Waals surface area contributed by atoms with Crippen molar-refractivity contribution in [2.75, 3.05) is 19.1 Å². The van der Waals surface area contributed by atoms with Crippen LogP contribution in [0.4, 0.5) is 5.69 Å². The minimum absolute atomic E-state index is 0.00732. The number of ketones is 1. The standard InChI is InChI=1S/C27H24N2O6S/c1-18-9-15-22(16-10-18)36(32,33)28-27-25(19-7-5-4-6-8-19)26(31)23(17-24(30)35-3)29(27)20-11-13-21(34-2)14-12-20/h4-17,28H,1-3H3/b23-17+. The quantitative estimate of drug-likeness (QED) is 0.386. The maximum absolute atomic E-state index is 13.7. The van der Waals surface area contributed by atoms with E-state index in [-0.39, 0.29) is 22.0 Å². The fraction of sp³-hybridized carbons (Fsp3) is 0.111. The molecule has 0 amide bonds. The molecular weight excluding hydrogens is 480 g/mol. The number of nitrogens with zero attached hydrogens (tertiary/aromatic N) is 1. The molecule has 0 radical (unpaired) electrons. The molecule has 1 N–H and O–H groups in total. The highest BCUT2D eigenvalue weighted by atomic mass is 32.2. The summed E-state index contributed by atoms with van der Waals surface area (Å²) >= 11 is 0. The van der Waals surface area contributed by atoms with Gasteiger partial charge in [-0.1, -0.05) is 48.0 Å². The Bertz CT molecular complexity index is 1460. The molecule has 0 saturated heterocycles. The van der Waals surface area contributed by atoms with Gasteiger partial charge in [0.25, 0.3) is 10.0 Å². The van der Waals surface area contributed by atoms with Gasteiger partial charge >= 0.3 is 5.97 Å². The topological polar surface area (TPSA) is 102 Å². The summed E-state index contributed by atoms with van der Waals surface area (Å²) < 4.78 is 39.5. The Morgan fingerprint density at radius 1 is 0.917 bits per heavy atom. The number of carbonyl (C=O) groups is 2. The minimum Gasteiger partial charge on any atom is -0.497 e. The Labute approximate surface area is 209 Å². The summed E-state index contributed by atoms with van der Waals surface area (Å²) in [6.45, 7) is 1.85. The number of nitrogens with one attached hydrogen (secondary N) is 1. The van der Waals surface area contributed by atoms with Crippen molar-refractivity contribution in [1.29, 1.82) is 0 Å². The second-order valence-corrected chi connectivity index (χ2v) is 9.61. The Kier molecular flexibility index (Phi) is 6.93. The van der Waals surface area contributed by atoms with E-state index in [1.165, 1.54) is 31.3 Å². The molecule has 184 valence electrons. The van der Waals surface area contributed by atoms with Crippen molar-refractivity contribution in [3.8, 4) is 5.75 Å². The Balaban J connectivity index is 1.95. The predicted molar refractivity (Wildman–Crippen MR) is 135 cm³/mol. The van der Waals surface area contributed by atoms with Crippen LogP contribution in [0.5, 0.6) is 5.75 Å². The molecule has 0 spiro atoms. The van der Waals surface area contributed by atoms with Gasteiger partial charge < -0.3 is 9.47 Å². The summed E-state index contributed by atoms with van der Waals surface area (Å²) in [7, 11) is -1.39. The van der Waals surface area contributed by atoms with E-state index in [1.54, 1.807) is 66.7 Å². The first-order valence-electron chi connectivity index (χ1n) is 10.9. The zero-order valence-electron chi connectivity index (χ0n) is 19.9. The second-order valence-electron chi connectivity index (χ2n) is 7.92. The highest BCUT2D eigenvalue weighted by Gasteiger charge is 2.39. The number of rotatable bonds is 7. The SMILES string of the molecule is COC(=O)/C=C1\C(=O)C(c2ccccc2)=C(NS(=O)(=O)c2ccc(C)cc2)N1c1ccc(OC)cc1. The molecule has 9 heteroatoms. The lowest BCUT2D eigenvalue weighted by atomic mass is 10.0. The molecule has 0 fully saturated rings. The zero-order chi connectivity index (χ0) is 25.9. The largest absolute Gasteiger partial charge is 0.497 e. The van der Waals surface area contributed by atoms with Crippen molar-refractivity contribution < 1.29 is 27.5 Å². The van der Waals surface area contributed by atoms with Crippen molar-refractivity contribution in [3.05, 3.63) is 108 Å². The van der Waals surface area contributed by atoms with E-state index in [9.17, 15) is 18.0 Å². The molecule has 1 aliphatic heterocycles. The monoisotopic (exact) mass is 504 g/mol. The maximum Gasteiger partial charge on any atom is 0.332 e. The number of allylic oxidation sites excluding steroid dienone is 1. The molecule has 3 aromatic rings. The van der Waals surface area contributed by atoms with E-state index in [4.69, 9.17) is 9.47 Å². The summed E-state index contributed by atoms with van der Waals surface area (Å²) in [5, 5.41) is 0. The number of methoxy groups -OCH3 is 2. The normalized spacial score (nSPS) is 14.8. The van der Waals surface area contributed by atoms with Crippen molar-refractivity contribution in [2.45, 2.75) is 11.8 Å². The first kappa shape index (κ1) is 24.7. The lowest BCUT2D eigenvalue weighted by Gasteiger charge is -2.24. The Morgan fingerprint density at radius 2 is 1.56 bits per heavy atom. The van der Waals surface area contributed by atoms with E-state index in [2.05, 4.69) is 4.72 Å². The number of anilines is 1. The molecule has 1 heterocycles. The average molecular weight is 505 g/mol. The second kappa shape index (κ2) is 10.1. The first-order chi connectivity index (χ1) is 17.2. The third kappa shape index (κ3) is 4.87. The van der Waals surface area contributed by atoms with Gasteiger partial charge in [-0.15, -0.1) is 0 Å². The molecule has 36 heavy (non-hydrogen) atoms. The van der Waals surface area contributed by atoms with E-state index in [1.807, 2.05) is 6.92 Å². The van der Waals surface area contributed by atoms with E-state index in [0.717, 1.165) is 11.6 Å². The molecule has 0 aromatic heterocycles. The van der Waals surface area contributed by atoms with Gasteiger partial charge in [-0.05, 0) is 48.9 Å². The minimum atomic E-state index is -4.11. The van der Waals surface area contributed by atoms with Gasteiger partial charge in [-0.2, -0.15) is 0 Å². The van der Waals surface area contributed by atoms with Crippen molar-refractivity contribution >= 4 is 33.0 Å². The van der Waals surface area contributed by atoms with E-state index < -0.39 is 21.8 Å². The van der Waals surface area contributed by atoms with Crippen molar-refractivity contribution in [3.63, 3.8) is 0 Å². The van der Waals surface area contributed by atoms with Crippen LogP contribution in [0.25, 0.3) is 5.57 Å². The summed E-state index contributed by atoms with van der Waals surface area (Å²) in [6.07, 6.45) is 1.04. The number of Topliss-reactive ketones (excluding diaryl/α,β-unsaturated/α-hetero) is 1. The van der Waals surface area contributed by atoms with Crippen LogP contribution in [0.1, 0.15) is 11.1 Å². The summed E-state index contributed by atoms with van der Waals surface area (Å²) in [4.78, 5) is 27.4. The van der Waals surface area contributed by atoms with Gasteiger partial charge in [0.1, 0.15) is 17.3 Å². The molecule has 0 saturated carbocycles. The lowest BCUT2D eigenvalue weighted by molar-refractivity contribution is -0.135. The molecule has 0 bridgehead atoms. The number of hydrogen-bond acceptors (Lipinski definition) is 7. The highest BCUT2D eigenvalue weighted by molar-refractivity contribution is 7.89. The highest BCUT2D eigenvalue weighted by Crippen LogP contribution is 2.39. The van der Waals surface area contributed by atoms with Crippen LogP contribution in [0.2, 0.25) is 0 Å². The number of aryl methyl sites for hydroxylation is 1. The van der Waals surface area contributed by atoms with Gasteiger partial charge in [0.15, 0.2) is 0 Å². The van der Waals surface area contributed by atoms with Crippen molar-refractivity contribution in [2.24, 2.45) is 0 Å². The fourth-order valence-electron chi connectivity index (χ4n) is 3.74. The molecule has 8 nitrogen and oxygen atoms in total. The smallest absolute Gasteiger partial charge is 0.332 e. The summed E-state index contributed by atoms with van der Waals surface area (Å²) in [5.74, 6) is -0.736. The summed E-state index contributed by atoms with van der Waals surface area (Å²) in [5.41, 5.74) is 1.85. The van der Waals surface area contributed by atoms with Crippen LogP contribution >= 0.6 is 0 Å². The zero-order valence-corrected chi connectivity index (χ0v) is 20.7. The van der Waals surface area contributed by atoms with Crippen molar-refractivity contribution in [1.82, 2.24) is 4.72 Å². The maximum atomic E-state index is 13.7. The third-order valence-corrected chi connectivity index (χ3v) is 6.93. The van der Waals surface area contributed by atoms with Gasteiger partial charge in [0.2, 0.25) is 5.78 Å². The van der Waals surface area contributed by atoms with Crippen LogP contribution in [0.3, 0.4) is 0 Å². The molecule has 1 aliphatic rings. The van der Waals surface area contributed by atoms with Gasteiger partial charge in [-0.25, -0.2) is 13.2 Å². The van der Waals surface area contributed by atoms with Gasteiger partial charge in [0, 0.05) is 5.69 Å². The van der Waals surface area contributed by atoms with Crippen LogP contribution in [0.15, 0.2) is 101 Å². The molecule has 0 unspecified atom stereocenters. The van der Waals surface area contributed by atoms with Crippen LogP contribution in [0, 0.1) is 6.92 Å². The molecule has 3 aromatic carbocycles. The number of ether oxygens (including phenoxy) is 2. The summed E-state index contributed by atoms with van der Waals surface area (Å²) in [6, 6.07) is 21.6. The lowest BCUT2D eigenvalue weighted by Crippen LogP contribution is -2.33. The first-order valence-corrected chi connectivity index (χ1v) is 12.4. The Morgan fingerprint density at radius 3 is 2.14 bits per heavy atom. The van der Waals surface area contributed by atoms with Gasteiger partial charge in [-0.3, -0.25) is 14.4 Å².